The average molecular weight is 450 g/mol. The second-order valence-electron chi connectivity index (χ2n) is 8.94. The Labute approximate surface area is 194 Å². The first-order valence-electron chi connectivity index (χ1n) is 11.7. The first kappa shape index (κ1) is 22.8. The molecule has 0 unspecified atom stereocenters. The Kier molecular flexibility index (Phi) is 6.96. The third kappa shape index (κ3) is 5.02. The maximum atomic E-state index is 13.4. The number of rotatable bonds is 5. The lowest BCUT2D eigenvalue weighted by atomic mass is 9.78. The van der Waals surface area contributed by atoms with E-state index in [1.54, 1.807) is 6.07 Å². The lowest BCUT2D eigenvalue weighted by Crippen LogP contribution is -2.49. The van der Waals surface area contributed by atoms with Crippen LogP contribution in [0.15, 0.2) is 48.5 Å². The molecule has 7 heteroatoms. The van der Waals surface area contributed by atoms with Gasteiger partial charge in [-0.3, -0.25) is 14.4 Å². The first-order chi connectivity index (χ1) is 16.0. The summed E-state index contributed by atoms with van der Waals surface area (Å²) in [5, 5.41) is 12.5. The average Bonchev–Trinajstić information content (AvgIpc) is 2.85. The van der Waals surface area contributed by atoms with Crippen LogP contribution in [0.2, 0.25) is 0 Å². The number of carboxylic acid groups (broad SMARTS) is 1. The summed E-state index contributed by atoms with van der Waals surface area (Å²) in [6, 6.07) is 15.6. The van der Waals surface area contributed by atoms with E-state index in [2.05, 4.69) is 22.3 Å². The zero-order valence-corrected chi connectivity index (χ0v) is 19.0. The van der Waals surface area contributed by atoms with Crippen molar-refractivity contribution in [2.45, 2.75) is 32.6 Å². The normalized spacial score (nSPS) is 20.9. The van der Waals surface area contributed by atoms with E-state index >= 15 is 0 Å². The summed E-state index contributed by atoms with van der Waals surface area (Å²) in [5.41, 5.74) is 2.89. The fourth-order valence-electron chi connectivity index (χ4n) is 4.94. The standard InChI is InChI=1S/C26H31N3O4/c1-18-8-7-13-22(23(18)27-24(30)20-11-5-6-12-21(20)26(32)33)25(31)29-16-14-28(15-17-29)19-9-3-2-4-10-19/h2-4,7-10,13,20-21H,5-6,11-12,14-17H2,1H3,(H,27,30)(H,32,33)/t20-,21+/m0/s1. The summed E-state index contributed by atoms with van der Waals surface area (Å²) in [5.74, 6) is -2.59. The molecule has 2 fully saturated rings. The van der Waals surface area contributed by atoms with Gasteiger partial charge in [-0.05, 0) is 43.5 Å². The van der Waals surface area contributed by atoms with Gasteiger partial charge in [-0.2, -0.15) is 0 Å². The fourth-order valence-corrected chi connectivity index (χ4v) is 4.94. The van der Waals surface area contributed by atoms with Gasteiger partial charge in [0.1, 0.15) is 0 Å². The van der Waals surface area contributed by atoms with Crippen LogP contribution in [0, 0.1) is 18.8 Å². The molecule has 2 aliphatic rings. The molecule has 2 aromatic carbocycles. The maximum Gasteiger partial charge on any atom is 0.307 e. The molecule has 2 N–H and O–H groups in total. The molecular weight excluding hydrogens is 418 g/mol. The molecule has 1 aliphatic carbocycles. The van der Waals surface area contributed by atoms with E-state index in [1.807, 2.05) is 42.2 Å². The van der Waals surface area contributed by atoms with E-state index in [9.17, 15) is 19.5 Å². The van der Waals surface area contributed by atoms with Crippen molar-refractivity contribution >= 4 is 29.2 Å². The number of aliphatic carboxylic acids is 1. The number of amides is 2. The quantitative estimate of drug-likeness (QED) is 0.725. The molecular formula is C26H31N3O4. The van der Waals surface area contributed by atoms with Gasteiger partial charge in [0.15, 0.2) is 0 Å². The van der Waals surface area contributed by atoms with Crippen LogP contribution < -0.4 is 10.2 Å². The lowest BCUT2D eigenvalue weighted by Gasteiger charge is -2.36. The number of hydrogen-bond donors (Lipinski definition) is 2. The van der Waals surface area contributed by atoms with Crippen LogP contribution in [0.25, 0.3) is 0 Å². The number of para-hydroxylation sites is 2. The number of carbonyl (C=O) groups excluding carboxylic acids is 2. The Morgan fingerprint density at radius 1 is 0.879 bits per heavy atom. The van der Waals surface area contributed by atoms with Crippen LogP contribution in [0.3, 0.4) is 0 Å². The fraction of sp³-hybridized carbons (Fsp3) is 0.423. The molecule has 2 amide bonds. The largest absolute Gasteiger partial charge is 0.481 e. The van der Waals surface area contributed by atoms with Gasteiger partial charge in [-0.25, -0.2) is 0 Å². The van der Waals surface area contributed by atoms with E-state index in [1.165, 1.54) is 0 Å². The molecule has 0 spiro atoms. The van der Waals surface area contributed by atoms with E-state index in [0.29, 0.717) is 37.2 Å². The number of nitrogens with one attached hydrogen (secondary N) is 1. The zero-order valence-electron chi connectivity index (χ0n) is 19.0. The van der Waals surface area contributed by atoms with E-state index in [4.69, 9.17) is 0 Å². The molecule has 1 heterocycles. The second-order valence-corrected chi connectivity index (χ2v) is 8.94. The lowest BCUT2D eigenvalue weighted by molar-refractivity contribution is -0.147. The summed E-state index contributed by atoms with van der Waals surface area (Å²) >= 11 is 0. The molecule has 2 aromatic rings. The second kappa shape index (κ2) is 10.1. The van der Waals surface area contributed by atoms with Crippen molar-refractivity contribution in [3.8, 4) is 0 Å². The SMILES string of the molecule is Cc1cccc(C(=O)N2CCN(c3ccccc3)CC2)c1NC(=O)[C@H]1CCCC[C@H]1C(=O)O. The van der Waals surface area contributed by atoms with E-state index < -0.39 is 17.8 Å². The number of piperazine rings is 1. The molecule has 1 aliphatic heterocycles. The predicted molar refractivity (Wildman–Crippen MR) is 127 cm³/mol. The van der Waals surface area contributed by atoms with Crippen molar-refractivity contribution in [3.05, 3.63) is 59.7 Å². The molecule has 0 aromatic heterocycles. The minimum absolute atomic E-state index is 0.111. The first-order valence-corrected chi connectivity index (χ1v) is 11.7. The summed E-state index contributed by atoms with van der Waals surface area (Å²) in [7, 11) is 0. The number of aryl methyl sites for hydroxylation is 1. The molecule has 174 valence electrons. The molecule has 2 atom stereocenters. The van der Waals surface area contributed by atoms with Crippen molar-refractivity contribution in [1.82, 2.24) is 4.90 Å². The molecule has 1 saturated carbocycles. The third-order valence-corrected chi connectivity index (χ3v) is 6.86. The number of carboxylic acids is 1. The van der Waals surface area contributed by atoms with Crippen LogP contribution in [0.5, 0.6) is 0 Å². The van der Waals surface area contributed by atoms with E-state index in [-0.39, 0.29) is 11.8 Å². The van der Waals surface area contributed by atoms with Crippen LogP contribution in [-0.2, 0) is 9.59 Å². The van der Waals surface area contributed by atoms with Crippen molar-refractivity contribution in [2.24, 2.45) is 11.8 Å². The highest BCUT2D eigenvalue weighted by Crippen LogP contribution is 2.32. The Hall–Kier alpha value is -3.35. The molecule has 7 nitrogen and oxygen atoms in total. The topological polar surface area (TPSA) is 90.0 Å². The summed E-state index contributed by atoms with van der Waals surface area (Å²) in [6.45, 7) is 4.53. The van der Waals surface area contributed by atoms with Crippen molar-refractivity contribution in [2.75, 3.05) is 36.4 Å². The van der Waals surface area contributed by atoms with Gasteiger partial charge in [-0.1, -0.05) is 43.2 Å². The molecule has 0 bridgehead atoms. The summed E-state index contributed by atoms with van der Waals surface area (Å²) < 4.78 is 0. The van der Waals surface area contributed by atoms with Crippen LogP contribution in [-0.4, -0.2) is 54.0 Å². The molecule has 0 radical (unpaired) electrons. The highest BCUT2D eigenvalue weighted by atomic mass is 16.4. The number of hydrogen-bond acceptors (Lipinski definition) is 4. The predicted octanol–water partition coefficient (Wildman–Crippen LogP) is 3.79. The minimum Gasteiger partial charge on any atom is -0.481 e. The third-order valence-electron chi connectivity index (χ3n) is 6.86. The Morgan fingerprint density at radius 2 is 1.55 bits per heavy atom. The number of anilines is 2. The van der Waals surface area contributed by atoms with Crippen molar-refractivity contribution in [3.63, 3.8) is 0 Å². The van der Waals surface area contributed by atoms with Gasteiger partial charge < -0.3 is 20.2 Å². The van der Waals surface area contributed by atoms with E-state index in [0.717, 1.165) is 37.2 Å². The highest BCUT2D eigenvalue weighted by molar-refractivity contribution is 6.05. The smallest absolute Gasteiger partial charge is 0.307 e. The van der Waals surface area contributed by atoms with Crippen LogP contribution >= 0.6 is 0 Å². The van der Waals surface area contributed by atoms with Crippen molar-refractivity contribution in [1.29, 1.82) is 0 Å². The maximum absolute atomic E-state index is 13.4. The summed E-state index contributed by atoms with van der Waals surface area (Å²) in [4.78, 5) is 42.2. The van der Waals surface area contributed by atoms with Crippen LogP contribution in [0.1, 0.15) is 41.6 Å². The Morgan fingerprint density at radius 3 is 2.21 bits per heavy atom. The monoisotopic (exact) mass is 449 g/mol. The Bertz CT molecular complexity index is 1020. The van der Waals surface area contributed by atoms with Gasteiger partial charge in [0.05, 0.1) is 23.1 Å². The number of benzene rings is 2. The van der Waals surface area contributed by atoms with Gasteiger partial charge in [0.2, 0.25) is 5.91 Å². The summed E-state index contributed by atoms with van der Waals surface area (Å²) in [6.07, 6.45) is 2.73. The minimum atomic E-state index is -0.924. The number of carbonyl (C=O) groups is 3. The molecule has 33 heavy (non-hydrogen) atoms. The zero-order chi connectivity index (χ0) is 23.4. The highest BCUT2D eigenvalue weighted by Gasteiger charge is 2.36. The Balaban J connectivity index is 1.48. The van der Waals surface area contributed by atoms with Crippen molar-refractivity contribution < 1.29 is 19.5 Å². The molecule has 1 saturated heterocycles. The van der Waals surface area contributed by atoms with Gasteiger partial charge >= 0.3 is 5.97 Å². The van der Waals surface area contributed by atoms with Gasteiger partial charge in [0, 0.05) is 31.9 Å². The van der Waals surface area contributed by atoms with Crippen LogP contribution in [0.4, 0.5) is 11.4 Å². The van der Waals surface area contributed by atoms with Gasteiger partial charge in [-0.15, -0.1) is 0 Å². The molecule has 4 rings (SSSR count). The van der Waals surface area contributed by atoms with Gasteiger partial charge in [0.25, 0.3) is 5.91 Å². The number of nitrogens with zero attached hydrogens (tertiary/aromatic N) is 2.